The van der Waals surface area contributed by atoms with Crippen molar-refractivity contribution in [2.24, 2.45) is 7.05 Å². The molecule has 150 valence electrons. The molecule has 2 aromatic carbocycles. The number of anilines is 1. The first-order valence-corrected chi connectivity index (χ1v) is 10.3. The number of carbonyl (C=O) groups is 1. The highest BCUT2D eigenvalue weighted by Gasteiger charge is 2.28. The van der Waals surface area contributed by atoms with Crippen molar-refractivity contribution in [2.75, 3.05) is 11.9 Å². The molecule has 4 rings (SSSR count). The summed E-state index contributed by atoms with van der Waals surface area (Å²) < 4.78 is 13.6. The van der Waals surface area contributed by atoms with Crippen LogP contribution >= 0.6 is 23.4 Å². The zero-order chi connectivity index (χ0) is 20.4. The molecule has 3 aromatic rings. The van der Waals surface area contributed by atoms with Gasteiger partial charge in [-0.05, 0) is 37.3 Å². The van der Waals surface area contributed by atoms with Crippen LogP contribution in [0, 0.1) is 0 Å². The summed E-state index contributed by atoms with van der Waals surface area (Å²) in [5.41, 5.74) is 0.653. The number of carbonyl (C=O) groups excluding carboxylic acids is 1. The zero-order valence-corrected chi connectivity index (χ0v) is 17.4. The summed E-state index contributed by atoms with van der Waals surface area (Å²) >= 11 is 7.29. The van der Waals surface area contributed by atoms with Gasteiger partial charge in [0.05, 0.1) is 5.25 Å². The van der Waals surface area contributed by atoms with Crippen LogP contribution in [0.5, 0.6) is 11.5 Å². The first kappa shape index (κ1) is 19.6. The summed E-state index contributed by atoms with van der Waals surface area (Å²) in [4.78, 5) is 12.5. The van der Waals surface area contributed by atoms with Crippen LogP contribution in [0.1, 0.15) is 18.9 Å². The maximum Gasteiger partial charge on any atom is 0.237 e. The number of fused-ring (bicyclic) bond motifs is 1. The summed E-state index contributed by atoms with van der Waals surface area (Å²) in [5, 5.41) is 12.2. The van der Waals surface area contributed by atoms with E-state index in [1.807, 2.05) is 42.8 Å². The normalized spacial score (nSPS) is 16.3. The van der Waals surface area contributed by atoms with Gasteiger partial charge in [-0.2, -0.15) is 0 Å². The number of nitrogens with one attached hydrogen (secondary N) is 1. The zero-order valence-electron chi connectivity index (χ0n) is 15.8. The summed E-state index contributed by atoms with van der Waals surface area (Å²) in [6.07, 6.45) is -0.368. The lowest BCUT2D eigenvalue weighted by Crippen LogP contribution is -2.25. The molecule has 9 heteroatoms. The molecule has 2 atom stereocenters. The molecule has 1 amide bonds. The SMILES string of the molecule is C[C@@H](Sc1nnc([C@@H]2COc3ccccc3O2)n1C)C(=O)Nc1cccc(Cl)c1. The van der Waals surface area contributed by atoms with E-state index in [0.717, 1.165) is 0 Å². The molecule has 1 aliphatic heterocycles. The third-order valence-electron chi connectivity index (χ3n) is 4.41. The number of hydrogen-bond donors (Lipinski definition) is 1. The molecule has 1 aliphatic rings. The van der Waals surface area contributed by atoms with E-state index in [1.54, 1.807) is 24.3 Å². The Morgan fingerprint density at radius 1 is 1.24 bits per heavy atom. The Labute approximate surface area is 177 Å². The topological polar surface area (TPSA) is 78.3 Å². The molecule has 1 aromatic heterocycles. The maximum absolute atomic E-state index is 12.5. The number of rotatable bonds is 5. The van der Waals surface area contributed by atoms with Crippen molar-refractivity contribution in [1.82, 2.24) is 14.8 Å². The number of amides is 1. The smallest absolute Gasteiger partial charge is 0.237 e. The van der Waals surface area contributed by atoms with Gasteiger partial charge in [0.25, 0.3) is 0 Å². The monoisotopic (exact) mass is 430 g/mol. The number of aromatic nitrogens is 3. The molecule has 0 saturated carbocycles. The molecule has 1 N–H and O–H groups in total. The lowest BCUT2D eigenvalue weighted by molar-refractivity contribution is -0.115. The standard InChI is InChI=1S/C20H19ClN4O3S/c1-12(19(26)22-14-7-5-6-13(21)10-14)29-20-24-23-18(25(20)2)17-11-27-15-8-3-4-9-16(15)28-17/h3-10,12,17H,11H2,1-2H3,(H,22,26)/t12-,17+/m1/s1. The molecule has 2 heterocycles. The van der Waals surface area contributed by atoms with Crippen molar-refractivity contribution in [2.45, 2.75) is 23.4 Å². The number of nitrogens with zero attached hydrogens (tertiary/aromatic N) is 3. The van der Waals surface area contributed by atoms with E-state index in [0.29, 0.717) is 39.8 Å². The number of hydrogen-bond acceptors (Lipinski definition) is 6. The van der Waals surface area contributed by atoms with Gasteiger partial charge in [-0.15, -0.1) is 10.2 Å². The minimum Gasteiger partial charge on any atom is -0.485 e. The molecule has 0 saturated heterocycles. The average Bonchev–Trinajstić information content (AvgIpc) is 3.08. The minimum atomic E-state index is -0.381. The third kappa shape index (κ3) is 4.33. The van der Waals surface area contributed by atoms with Crippen LogP contribution in [0.25, 0.3) is 0 Å². The lowest BCUT2D eigenvalue weighted by Gasteiger charge is -2.25. The predicted molar refractivity (Wildman–Crippen MR) is 112 cm³/mol. The van der Waals surface area contributed by atoms with Gasteiger partial charge < -0.3 is 19.4 Å². The highest BCUT2D eigenvalue weighted by molar-refractivity contribution is 8.00. The Morgan fingerprint density at radius 2 is 2.03 bits per heavy atom. The summed E-state index contributed by atoms with van der Waals surface area (Å²) in [7, 11) is 1.85. The van der Waals surface area contributed by atoms with Gasteiger partial charge in [0.15, 0.2) is 28.6 Å². The molecule has 0 radical (unpaired) electrons. The number of benzene rings is 2. The van der Waals surface area contributed by atoms with E-state index in [9.17, 15) is 4.79 Å². The quantitative estimate of drug-likeness (QED) is 0.614. The first-order chi connectivity index (χ1) is 14.0. The van der Waals surface area contributed by atoms with E-state index in [2.05, 4.69) is 15.5 Å². The minimum absolute atomic E-state index is 0.145. The highest BCUT2D eigenvalue weighted by Crippen LogP contribution is 2.36. The van der Waals surface area contributed by atoms with Crippen molar-refractivity contribution in [3.8, 4) is 11.5 Å². The van der Waals surface area contributed by atoms with Gasteiger partial charge in [0, 0.05) is 17.8 Å². The summed E-state index contributed by atoms with van der Waals surface area (Å²) in [6.45, 7) is 2.16. The van der Waals surface area contributed by atoms with Gasteiger partial charge in [0.2, 0.25) is 5.91 Å². The number of para-hydroxylation sites is 2. The van der Waals surface area contributed by atoms with Crippen LogP contribution in [0.4, 0.5) is 5.69 Å². The lowest BCUT2D eigenvalue weighted by atomic mass is 10.2. The fourth-order valence-electron chi connectivity index (χ4n) is 2.88. The van der Waals surface area contributed by atoms with Gasteiger partial charge in [-0.3, -0.25) is 4.79 Å². The van der Waals surface area contributed by atoms with E-state index in [4.69, 9.17) is 21.1 Å². The van der Waals surface area contributed by atoms with Crippen LogP contribution in [-0.4, -0.2) is 32.5 Å². The largest absolute Gasteiger partial charge is 0.485 e. The first-order valence-electron chi connectivity index (χ1n) is 9.02. The Kier molecular flexibility index (Phi) is 5.64. The molecule has 29 heavy (non-hydrogen) atoms. The van der Waals surface area contributed by atoms with Crippen molar-refractivity contribution in [1.29, 1.82) is 0 Å². The second kappa shape index (κ2) is 8.34. The van der Waals surface area contributed by atoms with Crippen LogP contribution in [0.15, 0.2) is 53.7 Å². The molecule has 0 fully saturated rings. The molecular formula is C20H19ClN4O3S. The van der Waals surface area contributed by atoms with Crippen molar-refractivity contribution >= 4 is 35.0 Å². The summed E-state index contributed by atoms with van der Waals surface area (Å²) in [6, 6.07) is 14.5. The van der Waals surface area contributed by atoms with E-state index >= 15 is 0 Å². The second-order valence-electron chi connectivity index (χ2n) is 6.52. The molecule has 7 nitrogen and oxygen atoms in total. The fraction of sp³-hybridized carbons (Fsp3) is 0.250. The van der Waals surface area contributed by atoms with E-state index < -0.39 is 0 Å². The Balaban J connectivity index is 1.43. The van der Waals surface area contributed by atoms with E-state index in [-0.39, 0.29) is 17.3 Å². The van der Waals surface area contributed by atoms with Gasteiger partial charge >= 0.3 is 0 Å². The maximum atomic E-state index is 12.5. The van der Waals surface area contributed by atoms with Gasteiger partial charge in [-0.25, -0.2) is 0 Å². The van der Waals surface area contributed by atoms with Gasteiger partial charge in [-0.1, -0.05) is 41.6 Å². The van der Waals surface area contributed by atoms with Crippen molar-refractivity contribution in [3.63, 3.8) is 0 Å². The molecule has 0 aliphatic carbocycles. The summed E-state index contributed by atoms with van der Waals surface area (Å²) in [5.74, 6) is 1.89. The van der Waals surface area contributed by atoms with Crippen LogP contribution in [0.3, 0.4) is 0 Å². The fourth-order valence-corrected chi connectivity index (χ4v) is 3.89. The number of thioether (sulfide) groups is 1. The van der Waals surface area contributed by atoms with E-state index in [1.165, 1.54) is 11.8 Å². The molecular weight excluding hydrogens is 412 g/mol. The van der Waals surface area contributed by atoms with Crippen LogP contribution in [-0.2, 0) is 11.8 Å². The van der Waals surface area contributed by atoms with Crippen LogP contribution in [0.2, 0.25) is 5.02 Å². The highest BCUT2D eigenvalue weighted by atomic mass is 35.5. The Bertz CT molecular complexity index is 1040. The Morgan fingerprint density at radius 3 is 2.83 bits per heavy atom. The van der Waals surface area contributed by atoms with Gasteiger partial charge in [0.1, 0.15) is 6.61 Å². The number of ether oxygens (including phenoxy) is 2. The molecule has 0 spiro atoms. The third-order valence-corrected chi connectivity index (χ3v) is 5.78. The second-order valence-corrected chi connectivity index (χ2v) is 8.27. The predicted octanol–water partition coefficient (Wildman–Crippen LogP) is 4.10. The Hall–Kier alpha value is -2.71. The average molecular weight is 431 g/mol. The van der Waals surface area contributed by atoms with Crippen molar-refractivity contribution in [3.05, 3.63) is 59.4 Å². The number of halogens is 1. The van der Waals surface area contributed by atoms with Crippen molar-refractivity contribution < 1.29 is 14.3 Å². The molecule has 0 unspecified atom stereocenters. The van der Waals surface area contributed by atoms with Crippen LogP contribution < -0.4 is 14.8 Å². The molecule has 0 bridgehead atoms.